The Hall–Kier alpha value is -4.78. The second-order valence-corrected chi connectivity index (χ2v) is 10.9. The van der Waals surface area contributed by atoms with Crippen molar-refractivity contribution in [3.63, 3.8) is 0 Å². The Kier molecular flexibility index (Phi) is 10.4. The van der Waals surface area contributed by atoms with Gasteiger partial charge in [0, 0.05) is 36.1 Å². The molecule has 0 radical (unpaired) electrons. The minimum Gasteiger partial charge on any atom is -0.488 e. The fraction of sp³-hybridized carbons (Fsp3) is 0.286. The van der Waals surface area contributed by atoms with E-state index in [1.807, 2.05) is 50.2 Å². The molecule has 0 spiro atoms. The molecule has 0 saturated heterocycles. The van der Waals surface area contributed by atoms with Crippen LogP contribution in [0.15, 0.2) is 67.0 Å². The lowest BCUT2D eigenvalue weighted by Gasteiger charge is -2.20. The predicted octanol–water partition coefficient (Wildman–Crippen LogP) is 7.16. The van der Waals surface area contributed by atoms with Crippen LogP contribution in [-0.2, 0) is 22.7 Å². The number of carbonyl (C=O) groups is 1. The van der Waals surface area contributed by atoms with Crippen molar-refractivity contribution in [1.82, 2.24) is 10.3 Å². The molecule has 1 unspecified atom stereocenters. The van der Waals surface area contributed by atoms with Crippen LogP contribution in [0.5, 0.6) is 28.7 Å². The average Bonchev–Trinajstić information content (AvgIpc) is 3.07. The fourth-order valence-electron chi connectivity index (χ4n) is 5.05. The predicted molar refractivity (Wildman–Crippen MR) is 170 cm³/mol. The molecular formula is C35H34ClN3O6. The number of rotatable bonds is 12. The molecule has 0 amide bonds. The van der Waals surface area contributed by atoms with Crippen LogP contribution in [-0.4, -0.2) is 37.3 Å². The summed E-state index contributed by atoms with van der Waals surface area (Å²) < 4.78 is 29.1. The summed E-state index contributed by atoms with van der Waals surface area (Å²) in [6.07, 6.45) is 4.56. The first-order chi connectivity index (χ1) is 21.9. The number of halogens is 1. The van der Waals surface area contributed by atoms with Gasteiger partial charge in [-0.2, -0.15) is 5.26 Å². The highest BCUT2D eigenvalue weighted by Crippen LogP contribution is 2.41. The quantitative estimate of drug-likeness (QED) is 0.164. The molecule has 0 aliphatic carbocycles. The van der Waals surface area contributed by atoms with Crippen LogP contribution >= 0.6 is 11.6 Å². The van der Waals surface area contributed by atoms with E-state index >= 15 is 0 Å². The number of pyridine rings is 1. The maximum atomic E-state index is 12.3. The third kappa shape index (κ3) is 7.66. The molecule has 1 aliphatic heterocycles. The van der Waals surface area contributed by atoms with Gasteiger partial charge in [0.25, 0.3) is 0 Å². The zero-order valence-electron chi connectivity index (χ0n) is 25.4. The third-order valence-corrected chi connectivity index (χ3v) is 7.69. The van der Waals surface area contributed by atoms with E-state index in [2.05, 4.69) is 16.4 Å². The number of nitriles is 1. The molecule has 232 valence electrons. The number of esters is 1. The normalized spacial score (nSPS) is 12.6. The number of hydrogen-bond donors (Lipinski definition) is 1. The summed E-state index contributed by atoms with van der Waals surface area (Å²) in [4.78, 5) is 16.5. The van der Waals surface area contributed by atoms with E-state index in [0.29, 0.717) is 59.8 Å². The Labute approximate surface area is 267 Å². The second-order valence-electron chi connectivity index (χ2n) is 10.5. The van der Waals surface area contributed by atoms with Gasteiger partial charge in [0.1, 0.15) is 49.2 Å². The van der Waals surface area contributed by atoms with Crippen molar-refractivity contribution in [3.05, 3.63) is 94.3 Å². The van der Waals surface area contributed by atoms with Crippen molar-refractivity contribution in [1.29, 1.82) is 5.26 Å². The molecule has 0 fully saturated rings. The van der Waals surface area contributed by atoms with Crippen LogP contribution < -0.4 is 24.3 Å². The van der Waals surface area contributed by atoms with E-state index in [0.717, 1.165) is 40.0 Å². The van der Waals surface area contributed by atoms with Gasteiger partial charge in [-0.15, -0.1) is 0 Å². The summed E-state index contributed by atoms with van der Waals surface area (Å²) in [6.45, 7) is 5.48. The summed E-state index contributed by atoms with van der Waals surface area (Å²) in [5, 5.41) is 12.9. The molecule has 10 heteroatoms. The van der Waals surface area contributed by atoms with E-state index in [-0.39, 0.29) is 12.6 Å². The molecule has 2 heterocycles. The van der Waals surface area contributed by atoms with Gasteiger partial charge in [-0.3, -0.25) is 9.78 Å². The van der Waals surface area contributed by atoms with Crippen LogP contribution in [0, 0.1) is 18.3 Å². The van der Waals surface area contributed by atoms with Gasteiger partial charge in [-0.25, -0.2) is 0 Å². The van der Waals surface area contributed by atoms with Crippen LogP contribution in [0.25, 0.3) is 11.1 Å². The van der Waals surface area contributed by atoms with Crippen molar-refractivity contribution in [3.8, 4) is 45.9 Å². The molecule has 45 heavy (non-hydrogen) atoms. The number of nitrogens with zero attached hydrogens (tertiary/aromatic N) is 2. The first-order valence-electron chi connectivity index (χ1n) is 14.7. The van der Waals surface area contributed by atoms with Crippen LogP contribution in [0.1, 0.15) is 42.0 Å². The molecule has 9 nitrogen and oxygen atoms in total. The van der Waals surface area contributed by atoms with Crippen LogP contribution in [0.3, 0.4) is 0 Å². The zero-order chi connectivity index (χ0) is 31.8. The standard InChI is InChI=1S/C35H34ClN3O6/c1-4-6-29(35(40)41-3)39-20-26-14-28(36)33(16-32(26)44-21-24-13-23(17-37)18-38-19-24)45-30-8-5-7-27(22(30)2)25-9-10-31-34(15-25)43-12-11-42-31/h5,7-10,13-16,18-19,29,39H,4,6,11-12,20-21H2,1-3H3. The van der Waals surface area contributed by atoms with E-state index in [1.54, 1.807) is 24.4 Å². The molecule has 1 aromatic heterocycles. The topological polar surface area (TPSA) is 112 Å². The maximum Gasteiger partial charge on any atom is 0.322 e. The van der Waals surface area contributed by atoms with Crippen molar-refractivity contribution in [2.45, 2.75) is 45.9 Å². The smallest absolute Gasteiger partial charge is 0.322 e. The van der Waals surface area contributed by atoms with Crippen LogP contribution in [0.2, 0.25) is 5.02 Å². The first kappa shape index (κ1) is 31.6. The SMILES string of the molecule is CCCC(NCc1cc(Cl)c(Oc2cccc(-c3ccc4c(c3)OCCO4)c2C)cc1OCc1cncc(C#N)c1)C(=O)OC. The Morgan fingerprint density at radius 3 is 2.67 bits per heavy atom. The number of fused-ring (bicyclic) bond motifs is 1. The molecule has 4 aromatic rings. The second kappa shape index (κ2) is 14.8. The monoisotopic (exact) mass is 627 g/mol. The summed E-state index contributed by atoms with van der Waals surface area (Å²) in [5.74, 6) is 2.64. The van der Waals surface area contributed by atoms with Gasteiger partial charge >= 0.3 is 5.97 Å². The number of ether oxygens (including phenoxy) is 5. The van der Waals surface area contributed by atoms with Gasteiger partial charge in [-0.1, -0.05) is 43.1 Å². The van der Waals surface area contributed by atoms with Crippen molar-refractivity contribution in [2.75, 3.05) is 20.3 Å². The largest absolute Gasteiger partial charge is 0.488 e. The zero-order valence-corrected chi connectivity index (χ0v) is 26.1. The van der Waals surface area contributed by atoms with Gasteiger partial charge < -0.3 is 29.0 Å². The number of benzene rings is 3. The minimum absolute atomic E-state index is 0.157. The molecule has 3 aromatic carbocycles. The van der Waals surface area contributed by atoms with Gasteiger partial charge in [0.15, 0.2) is 11.5 Å². The first-order valence-corrected chi connectivity index (χ1v) is 15.1. The van der Waals surface area contributed by atoms with E-state index < -0.39 is 6.04 Å². The number of hydrogen-bond acceptors (Lipinski definition) is 9. The van der Waals surface area contributed by atoms with Crippen molar-refractivity contribution >= 4 is 17.6 Å². The molecule has 5 rings (SSSR count). The number of nitrogens with one attached hydrogen (secondary N) is 1. The van der Waals surface area contributed by atoms with E-state index in [9.17, 15) is 10.1 Å². The fourth-order valence-corrected chi connectivity index (χ4v) is 5.27. The molecule has 1 atom stereocenters. The number of carbonyl (C=O) groups excluding carboxylic acids is 1. The van der Waals surface area contributed by atoms with Gasteiger partial charge in [0.05, 0.1) is 17.7 Å². The summed E-state index contributed by atoms with van der Waals surface area (Å²) in [6, 6.07) is 18.6. The summed E-state index contributed by atoms with van der Waals surface area (Å²) in [5.41, 5.74) is 4.76. The molecular weight excluding hydrogens is 594 g/mol. The van der Waals surface area contributed by atoms with E-state index in [1.165, 1.54) is 13.3 Å². The van der Waals surface area contributed by atoms with Gasteiger partial charge in [-0.05, 0) is 60.4 Å². The van der Waals surface area contributed by atoms with Crippen molar-refractivity contribution in [2.24, 2.45) is 0 Å². The molecule has 1 aliphatic rings. The average molecular weight is 628 g/mol. The van der Waals surface area contributed by atoms with Crippen LogP contribution in [0.4, 0.5) is 0 Å². The minimum atomic E-state index is -0.481. The maximum absolute atomic E-state index is 12.3. The highest BCUT2D eigenvalue weighted by atomic mass is 35.5. The summed E-state index contributed by atoms with van der Waals surface area (Å²) >= 11 is 6.79. The third-order valence-electron chi connectivity index (χ3n) is 7.39. The Bertz CT molecular complexity index is 1720. The van der Waals surface area contributed by atoms with Gasteiger partial charge in [0.2, 0.25) is 0 Å². The highest BCUT2D eigenvalue weighted by molar-refractivity contribution is 6.32. The lowest BCUT2D eigenvalue weighted by molar-refractivity contribution is -0.143. The van der Waals surface area contributed by atoms with Crippen molar-refractivity contribution < 1.29 is 28.5 Å². The molecule has 0 saturated carbocycles. The Morgan fingerprint density at radius 1 is 1.07 bits per heavy atom. The lowest BCUT2D eigenvalue weighted by Crippen LogP contribution is -2.37. The summed E-state index contributed by atoms with van der Waals surface area (Å²) in [7, 11) is 1.37. The lowest BCUT2D eigenvalue weighted by atomic mass is 9.99. The number of aromatic nitrogens is 1. The molecule has 1 N–H and O–H groups in total. The van der Waals surface area contributed by atoms with E-state index in [4.69, 9.17) is 35.3 Å². The number of methoxy groups -OCH3 is 1. The Morgan fingerprint density at radius 2 is 1.89 bits per heavy atom. The molecule has 0 bridgehead atoms. The highest BCUT2D eigenvalue weighted by Gasteiger charge is 2.20. The Balaban J connectivity index is 1.44.